The van der Waals surface area contributed by atoms with Gasteiger partial charge in [0.25, 0.3) is 0 Å². The molecule has 0 bridgehead atoms. The molecule has 10 unspecified atom stereocenters. The number of hydrogen-bond acceptors (Lipinski definition) is 10. The molecule has 0 spiro atoms. The highest BCUT2D eigenvalue weighted by Gasteiger charge is 2.50. The minimum Gasteiger partial charge on any atom is -0.394 e. The number of aliphatic hydroxyl groups excluding tert-OH is 6. The maximum absolute atomic E-state index is 11.4. The van der Waals surface area contributed by atoms with Crippen molar-refractivity contribution in [3.8, 4) is 0 Å². The van der Waals surface area contributed by atoms with E-state index in [0.717, 1.165) is 0 Å². The number of nitrogens with one attached hydrogen (secondary N) is 1. The average molecular weight is 381 g/mol. The molecule has 0 aromatic heterocycles. The standard InChI is InChI=1S/C15H27NO10/c1-5-14(13(23)11(21)7(3-17)24-5)26-15-9(16-6(2)19)12(22)10(20)8(4-18)25-15/h5,7-15,17-18,20-23H,3-4H2,1-2H3,(H,16,19). The first-order chi connectivity index (χ1) is 12.2. The Morgan fingerprint density at radius 3 is 2.04 bits per heavy atom. The number of hydrogen-bond donors (Lipinski definition) is 7. The van der Waals surface area contributed by atoms with Crippen LogP contribution in [0.25, 0.3) is 0 Å². The zero-order valence-corrected chi connectivity index (χ0v) is 14.5. The molecule has 0 aromatic carbocycles. The van der Waals surface area contributed by atoms with Crippen LogP contribution in [-0.4, -0.2) is 111 Å². The molecule has 7 N–H and O–H groups in total. The highest BCUT2D eigenvalue weighted by atomic mass is 16.7. The van der Waals surface area contributed by atoms with Gasteiger partial charge in [-0.1, -0.05) is 0 Å². The molecule has 2 rings (SSSR count). The van der Waals surface area contributed by atoms with Gasteiger partial charge in [0, 0.05) is 6.92 Å². The maximum atomic E-state index is 11.4. The van der Waals surface area contributed by atoms with E-state index >= 15 is 0 Å². The SMILES string of the molecule is CC(=O)NC1C(OC2C(C)OC(CO)C(O)C2O)OC(CO)C(O)C1O. The van der Waals surface area contributed by atoms with E-state index in [1.54, 1.807) is 6.92 Å². The number of carbonyl (C=O) groups excluding carboxylic acids is 1. The first-order valence-electron chi connectivity index (χ1n) is 8.38. The molecule has 0 radical (unpaired) electrons. The predicted molar refractivity (Wildman–Crippen MR) is 83.7 cm³/mol. The van der Waals surface area contributed by atoms with Crippen LogP contribution in [0.3, 0.4) is 0 Å². The number of amides is 1. The largest absolute Gasteiger partial charge is 0.394 e. The molecule has 0 aromatic rings. The van der Waals surface area contributed by atoms with Gasteiger partial charge >= 0.3 is 0 Å². The summed E-state index contributed by atoms with van der Waals surface area (Å²) in [6, 6.07) is -1.18. The van der Waals surface area contributed by atoms with Crippen LogP contribution < -0.4 is 5.32 Å². The van der Waals surface area contributed by atoms with Gasteiger partial charge in [-0.05, 0) is 6.92 Å². The lowest BCUT2D eigenvalue weighted by molar-refractivity contribution is -0.320. The van der Waals surface area contributed by atoms with Gasteiger partial charge in [0.05, 0.1) is 19.3 Å². The summed E-state index contributed by atoms with van der Waals surface area (Å²) in [5.41, 5.74) is 0. The molecule has 152 valence electrons. The Hall–Kier alpha value is -0.890. The lowest BCUT2D eigenvalue weighted by Crippen LogP contribution is -2.67. The summed E-state index contributed by atoms with van der Waals surface area (Å²) >= 11 is 0. The van der Waals surface area contributed by atoms with E-state index < -0.39 is 80.3 Å². The van der Waals surface area contributed by atoms with Gasteiger partial charge < -0.3 is 50.2 Å². The van der Waals surface area contributed by atoms with E-state index in [-0.39, 0.29) is 0 Å². The van der Waals surface area contributed by atoms with Crippen molar-refractivity contribution < 1.29 is 49.6 Å². The molecule has 0 aliphatic carbocycles. The topological polar surface area (TPSA) is 178 Å². The van der Waals surface area contributed by atoms with Crippen molar-refractivity contribution in [3.05, 3.63) is 0 Å². The summed E-state index contributed by atoms with van der Waals surface area (Å²) in [5.74, 6) is -0.519. The van der Waals surface area contributed by atoms with Crippen molar-refractivity contribution in [2.75, 3.05) is 13.2 Å². The van der Waals surface area contributed by atoms with Gasteiger partial charge in [0.15, 0.2) is 6.29 Å². The van der Waals surface area contributed by atoms with Crippen LogP contribution in [0.15, 0.2) is 0 Å². The molecule has 2 aliphatic heterocycles. The van der Waals surface area contributed by atoms with Crippen molar-refractivity contribution in [2.45, 2.75) is 75.0 Å². The highest BCUT2D eigenvalue weighted by molar-refractivity contribution is 5.73. The van der Waals surface area contributed by atoms with Crippen molar-refractivity contribution in [1.29, 1.82) is 0 Å². The zero-order chi connectivity index (χ0) is 19.6. The number of rotatable bonds is 5. The first kappa shape index (κ1) is 21.4. The fraction of sp³-hybridized carbons (Fsp3) is 0.933. The van der Waals surface area contributed by atoms with Gasteiger partial charge in [-0.3, -0.25) is 4.79 Å². The number of aliphatic hydroxyl groups is 6. The zero-order valence-electron chi connectivity index (χ0n) is 14.5. The Bertz CT molecular complexity index is 479. The second kappa shape index (κ2) is 8.87. The minimum absolute atomic E-state index is 0.499. The quantitative estimate of drug-likeness (QED) is 0.247. The van der Waals surface area contributed by atoms with Crippen molar-refractivity contribution in [2.24, 2.45) is 0 Å². The number of carbonyl (C=O) groups is 1. The van der Waals surface area contributed by atoms with E-state index in [4.69, 9.17) is 14.2 Å². The molecule has 10 atom stereocenters. The third kappa shape index (κ3) is 4.32. The molecule has 2 heterocycles. The molecule has 11 nitrogen and oxygen atoms in total. The summed E-state index contributed by atoms with van der Waals surface area (Å²) in [7, 11) is 0. The Kier molecular flexibility index (Phi) is 7.30. The predicted octanol–water partition coefficient (Wildman–Crippen LogP) is -4.18. The molecular weight excluding hydrogens is 354 g/mol. The van der Waals surface area contributed by atoms with E-state index in [0.29, 0.717) is 0 Å². The van der Waals surface area contributed by atoms with Gasteiger partial charge in [0.1, 0.15) is 48.8 Å². The Labute approximate surface area is 150 Å². The fourth-order valence-corrected chi connectivity index (χ4v) is 3.21. The van der Waals surface area contributed by atoms with Crippen LogP contribution >= 0.6 is 0 Å². The molecule has 0 saturated carbocycles. The van der Waals surface area contributed by atoms with Crippen LogP contribution in [0.1, 0.15) is 13.8 Å². The van der Waals surface area contributed by atoms with Crippen LogP contribution in [0.4, 0.5) is 0 Å². The summed E-state index contributed by atoms with van der Waals surface area (Å²) in [6.45, 7) is 1.64. The fourth-order valence-electron chi connectivity index (χ4n) is 3.21. The summed E-state index contributed by atoms with van der Waals surface area (Å²) in [5, 5.41) is 61.4. The minimum atomic E-state index is -1.50. The molecule has 2 aliphatic rings. The summed E-state index contributed by atoms with van der Waals surface area (Å²) in [6.07, 6.45) is -11.2. The summed E-state index contributed by atoms with van der Waals surface area (Å²) in [4.78, 5) is 11.4. The van der Waals surface area contributed by atoms with Gasteiger partial charge in [-0.25, -0.2) is 0 Å². The van der Waals surface area contributed by atoms with E-state index in [1.807, 2.05) is 0 Å². The molecular formula is C15H27NO10. The van der Waals surface area contributed by atoms with E-state index in [1.165, 1.54) is 6.92 Å². The second-order valence-electron chi connectivity index (χ2n) is 6.58. The van der Waals surface area contributed by atoms with Crippen molar-refractivity contribution >= 4 is 5.91 Å². The molecule has 26 heavy (non-hydrogen) atoms. The van der Waals surface area contributed by atoms with Crippen molar-refractivity contribution in [3.63, 3.8) is 0 Å². The smallest absolute Gasteiger partial charge is 0.217 e. The highest BCUT2D eigenvalue weighted by Crippen LogP contribution is 2.29. The van der Waals surface area contributed by atoms with Crippen LogP contribution in [-0.2, 0) is 19.0 Å². The molecule has 2 fully saturated rings. The summed E-state index contributed by atoms with van der Waals surface area (Å²) < 4.78 is 16.5. The third-order valence-electron chi connectivity index (χ3n) is 4.64. The lowest BCUT2D eigenvalue weighted by Gasteiger charge is -2.46. The molecule has 2 saturated heterocycles. The van der Waals surface area contributed by atoms with Crippen LogP contribution in [0, 0.1) is 0 Å². The Morgan fingerprint density at radius 1 is 0.962 bits per heavy atom. The third-order valence-corrected chi connectivity index (χ3v) is 4.64. The van der Waals surface area contributed by atoms with Gasteiger partial charge in [0.2, 0.25) is 5.91 Å². The Morgan fingerprint density at radius 2 is 1.50 bits per heavy atom. The average Bonchev–Trinajstić information content (AvgIpc) is 2.60. The van der Waals surface area contributed by atoms with Gasteiger partial charge in [-0.2, -0.15) is 0 Å². The molecule has 1 amide bonds. The monoisotopic (exact) mass is 381 g/mol. The normalized spacial score (nSPS) is 46.8. The lowest BCUT2D eigenvalue weighted by atomic mass is 9.94. The van der Waals surface area contributed by atoms with Crippen LogP contribution in [0.2, 0.25) is 0 Å². The first-order valence-corrected chi connectivity index (χ1v) is 8.38. The van der Waals surface area contributed by atoms with Gasteiger partial charge in [-0.15, -0.1) is 0 Å². The second-order valence-corrected chi connectivity index (χ2v) is 6.58. The van der Waals surface area contributed by atoms with Crippen LogP contribution in [0.5, 0.6) is 0 Å². The van der Waals surface area contributed by atoms with E-state index in [9.17, 15) is 35.4 Å². The van der Waals surface area contributed by atoms with Crippen molar-refractivity contribution in [1.82, 2.24) is 5.32 Å². The maximum Gasteiger partial charge on any atom is 0.217 e. The number of ether oxygens (including phenoxy) is 3. The van der Waals surface area contributed by atoms with E-state index in [2.05, 4.69) is 5.32 Å². The molecule has 11 heteroatoms. The Balaban J connectivity index is 2.18.